The number of nitro groups is 1. The summed E-state index contributed by atoms with van der Waals surface area (Å²) < 4.78 is 32.1. The molecule has 0 spiro atoms. The van der Waals surface area contributed by atoms with Crippen LogP contribution >= 0.6 is 11.3 Å². The van der Waals surface area contributed by atoms with Crippen molar-refractivity contribution in [3.05, 3.63) is 50.9 Å². The maximum Gasteiger partial charge on any atom is 0.293 e. The topological polar surface area (TPSA) is 122 Å². The average Bonchev–Trinajstić information content (AvgIpc) is 3.28. The monoisotopic (exact) mass is 482 g/mol. The zero-order valence-electron chi connectivity index (χ0n) is 17.9. The Balaban J connectivity index is 1.71. The third-order valence-corrected chi connectivity index (χ3v) is 8.75. The van der Waals surface area contributed by atoms with E-state index in [1.54, 1.807) is 32.0 Å². The number of nitrogens with one attached hydrogen (secondary N) is 1. The molecule has 1 aromatic carbocycles. The van der Waals surface area contributed by atoms with E-state index in [1.807, 2.05) is 4.90 Å². The van der Waals surface area contributed by atoms with Gasteiger partial charge in [0.25, 0.3) is 21.6 Å². The van der Waals surface area contributed by atoms with E-state index in [1.165, 1.54) is 16.4 Å². The fourth-order valence-corrected chi connectivity index (χ4v) is 6.34. The SMILES string of the molecule is CCN(CC)S(=O)(=O)c1ccc(CNC(=O)c2ccc(N3CCOCC3)c([N+](=O)[O-])c2)s1. The highest BCUT2D eigenvalue weighted by Crippen LogP contribution is 2.30. The normalized spacial score (nSPS) is 14.5. The first-order valence-electron chi connectivity index (χ1n) is 10.3. The summed E-state index contributed by atoms with van der Waals surface area (Å²) in [7, 11) is -3.55. The molecule has 12 heteroatoms. The molecule has 0 aliphatic carbocycles. The van der Waals surface area contributed by atoms with Crippen LogP contribution in [-0.2, 0) is 21.3 Å². The second-order valence-electron chi connectivity index (χ2n) is 7.05. The van der Waals surface area contributed by atoms with Crippen molar-refractivity contribution in [3.63, 3.8) is 0 Å². The number of amides is 1. The molecule has 3 rings (SSSR count). The lowest BCUT2D eigenvalue weighted by atomic mass is 10.1. The predicted molar refractivity (Wildman–Crippen MR) is 122 cm³/mol. The van der Waals surface area contributed by atoms with E-state index in [2.05, 4.69) is 5.32 Å². The van der Waals surface area contributed by atoms with Crippen LogP contribution in [0.4, 0.5) is 11.4 Å². The van der Waals surface area contributed by atoms with Crippen molar-refractivity contribution in [1.29, 1.82) is 0 Å². The molecule has 0 radical (unpaired) electrons. The van der Waals surface area contributed by atoms with Gasteiger partial charge < -0.3 is 15.0 Å². The van der Waals surface area contributed by atoms with Crippen LogP contribution in [-0.4, -0.2) is 62.9 Å². The van der Waals surface area contributed by atoms with E-state index in [0.29, 0.717) is 50.0 Å². The van der Waals surface area contributed by atoms with Crippen LogP contribution in [0.15, 0.2) is 34.5 Å². The van der Waals surface area contributed by atoms with Gasteiger partial charge in [-0.25, -0.2) is 8.42 Å². The van der Waals surface area contributed by atoms with Gasteiger partial charge in [0.1, 0.15) is 9.90 Å². The summed E-state index contributed by atoms with van der Waals surface area (Å²) in [4.78, 5) is 26.2. The van der Waals surface area contributed by atoms with Crippen molar-refractivity contribution in [2.45, 2.75) is 24.6 Å². The number of sulfonamides is 1. The maximum absolute atomic E-state index is 12.6. The minimum Gasteiger partial charge on any atom is -0.378 e. The van der Waals surface area contributed by atoms with Crippen molar-refractivity contribution in [2.75, 3.05) is 44.3 Å². The molecule has 1 fully saturated rings. The van der Waals surface area contributed by atoms with Crippen LogP contribution in [0.5, 0.6) is 0 Å². The highest BCUT2D eigenvalue weighted by molar-refractivity contribution is 7.91. The summed E-state index contributed by atoms with van der Waals surface area (Å²) in [6.07, 6.45) is 0. The van der Waals surface area contributed by atoms with Crippen LogP contribution in [0.1, 0.15) is 29.1 Å². The van der Waals surface area contributed by atoms with Gasteiger partial charge in [0.05, 0.1) is 24.7 Å². The van der Waals surface area contributed by atoms with Gasteiger partial charge in [-0.3, -0.25) is 14.9 Å². The lowest BCUT2D eigenvalue weighted by molar-refractivity contribution is -0.384. The Labute approximate surface area is 191 Å². The Bertz CT molecular complexity index is 1080. The number of ether oxygens (including phenoxy) is 1. The van der Waals surface area contributed by atoms with Gasteiger partial charge in [-0.1, -0.05) is 13.8 Å². The van der Waals surface area contributed by atoms with E-state index in [4.69, 9.17) is 4.74 Å². The zero-order chi connectivity index (χ0) is 23.3. The lowest BCUT2D eigenvalue weighted by Gasteiger charge is -2.28. The van der Waals surface area contributed by atoms with Gasteiger partial charge in [0.15, 0.2) is 0 Å². The highest BCUT2D eigenvalue weighted by atomic mass is 32.2. The average molecular weight is 483 g/mol. The quantitative estimate of drug-likeness (QED) is 0.430. The van der Waals surface area contributed by atoms with Gasteiger partial charge in [0, 0.05) is 42.7 Å². The van der Waals surface area contributed by atoms with E-state index >= 15 is 0 Å². The molecule has 1 amide bonds. The molecule has 1 N–H and O–H groups in total. The Morgan fingerprint density at radius 2 is 1.91 bits per heavy atom. The second kappa shape index (κ2) is 10.4. The molecular formula is C20H26N4O6S2. The molecule has 1 aliphatic rings. The molecule has 0 saturated carbocycles. The van der Waals surface area contributed by atoms with Crippen LogP contribution in [0, 0.1) is 10.1 Å². The van der Waals surface area contributed by atoms with Crippen LogP contribution in [0.2, 0.25) is 0 Å². The molecule has 2 heterocycles. The number of carbonyl (C=O) groups excluding carboxylic acids is 1. The maximum atomic E-state index is 12.6. The van der Waals surface area contributed by atoms with E-state index in [0.717, 1.165) is 11.3 Å². The van der Waals surface area contributed by atoms with Crippen molar-refractivity contribution < 1.29 is 22.9 Å². The number of hydrogen-bond donors (Lipinski definition) is 1. The van der Waals surface area contributed by atoms with Crippen LogP contribution < -0.4 is 10.2 Å². The number of benzene rings is 1. The summed E-state index contributed by atoms with van der Waals surface area (Å²) in [5.74, 6) is -0.469. The number of nitro benzene ring substituents is 1. The number of hydrogen-bond acceptors (Lipinski definition) is 8. The van der Waals surface area contributed by atoms with Gasteiger partial charge in [0.2, 0.25) is 0 Å². The molecule has 0 atom stereocenters. The molecule has 1 saturated heterocycles. The van der Waals surface area contributed by atoms with Crippen molar-refractivity contribution >= 4 is 38.6 Å². The van der Waals surface area contributed by atoms with E-state index in [-0.39, 0.29) is 22.0 Å². The predicted octanol–water partition coefficient (Wildman–Crippen LogP) is 2.45. The zero-order valence-corrected chi connectivity index (χ0v) is 19.6. The molecule has 0 bridgehead atoms. The third kappa shape index (κ3) is 5.26. The molecule has 32 heavy (non-hydrogen) atoms. The number of thiophene rings is 1. The molecular weight excluding hydrogens is 456 g/mol. The minimum absolute atomic E-state index is 0.121. The van der Waals surface area contributed by atoms with Gasteiger partial charge in [-0.2, -0.15) is 4.31 Å². The van der Waals surface area contributed by atoms with Gasteiger partial charge >= 0.3 is 0 Å². The van der Waals surface area contributed by atoms with Crippen LogP contribution in [0.25, 0.3) is 0 Å². The summed E-state index contributed by atoms with van der Waals surface area (Å²) in [6.45, 7) is 6.50. The minimum atomic E-state index is -3.55. The summed E-state index contributed by atoms with van der Waals surface area (Å²) in [5.41, 5.74) is 0.490. The molecule has 174 valence electrons. The molecule has 10 nitrogen and oxygen atoms in total. The van der Waals surface area contributed by atoms with Crippen LogP contribution in [0.3, 0.4) is 0 Å². The number of nitrogens with zero attached hydrogens (tertiary/aromatic N) is 3. The number of anilines is 1. The Hall–Kier alpha value is -2.54. The molecule has 2 aromatic rings. The smallest absolute Gasteiger partial charge is 0.293 e. The van der Waals surface area contributed by atoms with Gasteiger partial charge in [-0.05, 0) is 24.3 Å². The number of rotatable bonds is 9. The van der Waals surface area contributed by atoms with Crippen molar-refractivity contribution in [1.82, 2.24) is 9.62 Å². The van der Waals surface area contributed by atoms with Crippen molar-refractivity contribution in [3.8, 4) is 0 Å². The van der Waals surface area contributed by atoms with Crippen molar-refractivity contribution in [2.24, 2.45) is 0 Å². The lowest BCUT2D eigenvalue weighted by Crippen LogP contribution is -2.36. The number of carbonyl (C=O) groups is 1. The fraction of sp³-hybridized carbons (Fsp3) is 0.450. The number of morpholine rings is 1. The fourth-order valence-electron chi connectivity index (χ4n) is 3.43. The Kier molecular flexibility index (Phi) is 7.82. The van der Waals surface area contributed by atoms with Gasteiger partial charge in [-0.15, -0.1) is 11.3 Å². The summed E-state index contributed by atoms with van der Waals surface area (Å²) >= 11 is 1.09. The highest BCUT2D eigenvalue weighted by Gasteiger charge is 2.25. The molecule has 1 aromatic heterocycles. The van der Waals surface area contributed by atoms with E-state index < -0.39 is 20.9 Å². The summed E-state index contributed by atoms with van der Waals surface area (Å²) in [6, 6.07) is 7.59. The largest absolute Gasteiger partial charge is 0.378 e. The standard InChI is InChI=1S/C20H26N4O6S2/c1-3-23(4-2)32(28,29)19-8-6-16(31-19)14-21-20(25)15-5-7-17(18(13-15)24(26)27)22-9-11-30-12-10-22/h5-8,13H,3-4,9-12,14H2,1-2H3,(H,21,25). The Morgan fingerprint density at radius 1 is 1.22 bits per heavy atom. The molecule has 0 unspecified atom stereocenters. The first-order valence-corrected chi connectivity index (χ1v) is 12.5. The molecule has 1 aliphatic heterocycles. The third-order valence-electron chi connectivity index (χ3n) is 5.15. The second-order valence-corrected chi connectivity index (χ2v) is 10.4. The van der Waals surface area contributed by atoms with E-state index in [9.17, 15) is 23.3 Å². The first-order chi connectivity index (χ1) is 15.3. The summed E-state index contributed by atoms with van der Waals surface area (Å²) in [5, 5.41) is 14.3. The Morgan fingerprint density at radius 3 is 2.53 bits per heavy atom. The first kappa shape index (κ1) is 24.1.